The van der Waals surface area contributed by atoms with Gasteiger partial charge in [0.25, 0.3) is 0 Å². The summed E-state index contributed by atoms with van der Waals surface area (Å²) in [6.07, 6.45) is 6.08. The third kappa shape index (κ3) is 4.08. The fraction of sp³-hybridized carbons (Fsp3) is 0.350. The molecule has 1 unspecified atom stereocenters. The first-order valence-corrected chi connectivity index (χ1v) is 10.1. The number of halogens is 2. The SMILES string of the molecule is O=C(CNc1cccc(Cl)c1Cl)CC1CCCN(c2ncnc3[nH]ccc23)C1. The Morgan fingerprint density at radius 1 is 1.29 bits per heavy atom. The second-order valence-electron chi connectivity index (χ2n) is 7.09. The normalized spacial score (nSPS) is 17.1. The molecule has 6 nitrogen and oxygen atoms in total. The van der Waals surface area contributed by atoms with Gasteiger partial charge in [0.1, 0.15) is 17.8 Å². The van der Waals surface area contributed by atoms with Gasteiger partial charge in [-0.05, 0) is 37.0 Å². The summed E-state index contributed by atoms with van der Waals surface area (Å²) < 4.78 is 0. The number of carbonyl (C=O) groups is 1. The molecule has 0 spiro atoms. The van der Waals surface area contributed by atoms with Crippen LogP contribution in [0.4, 0.5) is 11.5 Å². The van der Waals surface area contributed by atoms with Gasteiger partial charge in [0, 0.05) is 25.7 Å². The van der Waals surface area contributed by atoms with Gasteiger partial charge < -0.3 is 15.2 Å². The number of H-pyrrole nitrogens is 1. The molecule has 1 saturated heterocycles. The molecule has 0 aliphatic carbocycles. The molecule has 2 N–H and O–H groups in total. The molecule has 0 amide bonds. The summed E-state index contributed by atoms with van der Waals surface area (Å²) in [5.41, 5.74) is 1.52. The molecule has 4 rings (SSSR count). The summed E-state index contributed by atoms with van der Waals surface area (Å²) in [7, 11) is 0. The number of anilines is 2. The Kier molecular flexibility index (Phi) is 5.69. The molecule has 1 aromatic carbocycles. The monoisotopic (exact) mass is 417 g/mol. The fourth-order valence-electron chi connectivity index (χ4n) is 3.76. The Bertz CT molecular complexity index is 990. The molecule has 1 aliphatic heterocycles. The smallest absolute Gasteiger partial charge is 0.152 e. The zero-order valence-corrected chi connectivity index (χ0v) is 16.8. The lowest BCUT2D eigenvalue weighted by Crippen LogP contribution is -2.37. The van der Waals surface area contributed by atoms with E-state index >= 15 is 0 Å². The number of nitrogens with zero attached hydrogens (tertiary/aromatic N) is 3. The number of carbonyl (C=O) groups excluding carboxylic acids is 1. The van der Waals surface area contributed by atoms with Crippen molar-refractivity contribution in [3.63, 3.8) is 0 Å². The van der Waals surface area contributed by atoms with Gasteiger partial charge in [-0.15, -0.1) is 0 Å². The van der Waals surface area contributed by atoms with E-state index in [1.165, 1.54) is 0 Å². The summed E-state index contributed by atoms with van der Waals surface area (Å²) in [6, 6.07) is 7.35. The molecule has 28 heavy (non-hydrogen) atoms. The van der Waals surface area contributed by atoms with Crippen molar-refractivity contribution in [3.05, 3.63) is 46.8 Å². The van der Waals surface area contributed by atoms with Gasteiger partial charge in [0.2, 0.25) is 0 Å². The van der Waals surface area contributed by atoms with E-state index in [-0.39, 0.29) is 12.3 Å². The number of aromatic nitrogens is 3. The summed E-state index contributed by atoms with van der Waals surface area (Å²) in [5, 5.41) is 5.04. The first kappa shape index (κ1) is 19.0. The third-order valence-corrected chi connectivity index (χ3v) is 5.91. The molecule has 0 bridgehead atoms. The summed E-state index contributed by atoms with van der Waals surface area (Å²) in [5.74, 6) is 1.41. The van der Waals surface area contributed by atoms with Crippen molar-refractivity contribution >= 4 is 51.5 Å². The number of aromatic amines is 1. The number of benzene rings is 1. The first-order chi connectivity index (χ1) is 13.6. The lowest BCUT2D eigenvalue weighted by molar-refractivity contribution is -0.118. The van der Waals surface area contributed by atoms with Crippen LogP contribution in [0.3, 0.4) is 0 Å². The number of fused-ring (bicyclic) bond motifs is 1. The Morgan fingerprint density at radius 3 is 3.07 bits per heavy atom. The van der Waals surface area contributed by atoms with E-state index < -0.39 is 0 Å². The molecule has 3 aromatic rings. The molecular formula is C20H21Cl2N5O. The summed E-state index contributed by atoms with van der Waals surface area (Å²) in [6.45, 7) is 2.01. The largest absolute Gasteiger partial charge is 0.377 e. The van der Waals surface area contributed by atoms with Gasteiger partial charge in [-0.1, -0.05) is 29.3 Å². The van der Waals surface area contributed by atoms with Gasteiger partial charge in [0.05, 0.1) is 27.7 Å². The maximum Gasteiger partial charge on any atom is 0.152 e. The van der Waals surface area contributed by atoms with Crippen LogP contribution in [0.25, 0.3) is 11.0 Å². The zero-order chi connectivity index (χ0) is 19.5. The maximum atomic E-state index is 12.5. The lowest BCUT2D eigenvalue weighted by atomic mass is 9.92. The minimum atomic E-state index is 0.164. The van der Waals surface area contributed by atoms with Crippen molar-refractivity contribution in [1.29, 1.82) is 0 Å². The Morgan fingerprint density at radius 2 is 2.18 bits per heavy atom. The van der Waals surface area contributed by atoms with Crippen molar-refractivity contribution < 1.29 is 4.79 Å². The van der Waals surface area contributed by atoms with Gasteiger partial charge >= 0.3 is 0 Å². The number of nitrogens with one attached hydrogen (secondary N) is 2. The van der Waals surface area contributed by atoms with Crippen LogP contribution in [0.1, 0.15) is 19.3 Å². The van der Waals surface area contributed by atoms with Crippen LogP contribution in [0.5, 0.6) is 0 Å². The van der Waals surface area contributed by atoms with Crippen molar-refractivity contribution in [2.45, 2.75) is 19.3 Å². The van der Waals surface area contributed by atoms with Crippen LogP contribution in [0.15, 0.2) is 36.8 Å². The Labute approximate surface area is 173 Å². The average Bonchev–Trinajstić information content (AvgIpc) is 3.18. The molecule has 0 radical (unpaired) electrons. The standard InChI is InChI=1S/C20H21Cl2N5O/c21-16-4-1-5-17(18(16)22)24-10-14(28)9-13-3-2-8-27(11-13)20-15-6-7-23-19(15)25-12-26-20/h1,4-7,12-13,24H,2-3,8-11H2,(H,23,25,26). The third-order valence-electron chi connectivity index (χ3n) is 5.10. The van der Waals surface area contributed by atoms with Crippen LogP contribution >= 0.6 is 23.2 Å². The van der Waals surface area contributed by atoms with Crippen molar-refractivity contribution in [1.82, 2.24) is 15.0 Å². The van der Waals surface area contributed by atoms with E-state index in [1.807, 2.05) is 24.4 Å². The van der Waals surface area contributed by atoms with Gasteiger partial charge in [0.15, 0.2) is 5.78 Å². The minimum absolute atomic E-state index is 0.164. The number of ketones is 1. The lowest BCUT2D eigenvalue weighted by Gasteiger charge is -2.33. The highest BCUT2D eigenvalue weighted by Gasteiger charge is 2.24. The van der Waals surface area contributed by atoms with Crippen LogP contribution in [0, 0.1) is 5.92 Å². The minimum Gasteiger partial charge on any atom is -0.377 e. The average molecular weight is 418 g/mol. The van der Waals surface area contributed by atoms with E-state index in [4.69, 9.17) is 23.2 Å². The molecule has 1 aliphatic rings. The summed E-state index contributed by atoms with van der Waals surface area (Å²) >= 11 is 12.2. The molecule has 1 atom stereocenters. The highest BCUT2D eigenvalue weighted by molar-refractivity contribution is 6.43. The van der Waals surface area contributed by atoms with Gasteiger partial charge in [-0.3, -0.25) is 4.79 Å². The molecular weight excluding hydrogens is 397 g/mol. The second-order valence-corrected chi connectivity index (χ2v) is 7.87. The number of hydrogen-bond donors (Lipinski definition) is 2. The van der Waals surface area contributed by atoms with Gasteiger partial charge in [-0.2, -0.15) is 0 Å². The molecule has 8 heteroatoms. The molecule has 0 saturated carbocycles. The predicted molar refractivity (Wildman–Crippen MR) is 113 cm³/mol. The summed E-state index contributed by atoms with van der Waals surface area (Å²) in [4.78, 5) is 26.6. The van der Waals surface area contributed by atoms with Crippen LogP contribution in [-0.2, 0) is 4.79 Å². The number of Topliss-reactive ketones (excluding diaryl/α,β-unsaturated/α-hetero) is 1. The number of hydrogen-bond acceptors (Lipinski definition) is 5. The highest BCUT2D eigenvalue weighted by atomic mass is 35.5. The van der Waals surface area contributed by atoms with E-state index in [1.54, 1.807) is 12.4 Å². The van der Waals surface area contributed by atoms with Crippen molar-refractivity contribution in [3.8, 4) is 0 Å². The predicted octanol–water partition coefficient (Wildman–Crippen LogP) is 4.55. The van der Waals surface area contributed by atoms with E-state index in [9.17, 15) is 4.79 Å². The maximum absolute atomic E-state index is 12.5. The van der Waals surface area contributed by atoms with Crippen LogP contribution in [0.2, 0.25) is 10.0 Å². The Hall–Kier alpha value is -2.31. The van der Waals surface area contributed by atoms with Crippen LogP contribution < -0.4 is 10.2 Å². The quantitative estimate of drug-likeness (QED) is 0.614. The fourth-order valence-corrected chi connectivity index (χ4v) is 4.13. The van der Waals surface area contributed by atoms with Gasteiger partial charge in [-0.25, -0.2) is 9.97 Å². The Balaban J connectivity index is 1.36. The number of rotatable bonds is 6. The van der Waals surface area contributed by atoms with E-state index in [2.05, 4.69) is 25.2 Å². The second kappa shape index (κ2) is 8.37. The number of piperidine rings is 1. The van der Waals surface area contributed by atoms with Crippen molar-refractivity contribution in [2.75, 3.05) is 29.9 Å². The first-order valence-electron chi connectivity index (χ1n) is 9.34. The van der Waals surface area contributed by atoms with E-state index in [0.717, 1.165) is 42.8 Å². The van der Waals surface area contributed by atoms with E-state index in [0.29, 0.717) is 28.1 Å². The highest BCUT2D eigenvalue weighted by Crippen LogP contribution is 2.30. The molecule has 146 valence electrons. The molecule has 2 aromatic heterocycles. The van der Waals surface area contributed by atoms with Crippen molar-refractivity contribution in [2.24, 2.45) is 5.92 Å². The van der Waals surface area contributed by atoms with Crippen LogP contribution in [-0.4, -0.2) is 40.4 Å². The molecule has 1 fully saturated rings. The topological polar surface area (TPSA) is 73.9 Å². The molecule has 3 heterocycles. The zero-order valence-electron chi connectivity index (χ0n) is 15.3.